The molecule has 0 saturated heterocycles. The van der Waals surface area contributed by atoms with Gasteiger partial charge in [-0.2, -0.15) is 0 Å². The molecule has 0 saturated carbocycles. The molecule has 1 aromatic heterocycles. The van der Waals surface area contributed by atoms with E-state index < -0.39 is 0 Å². The zero-order valence-corrected chi connectivity index (χ0v) is 30.2. The summed E-state index contributed by atoms with van der Waals surface area (Å²) in [5.41, 5.74) is 8.65. The lowest BCUT2D eigenvalue weighted by atomic mass is 9.89. The van der Waals surface area contributed by atoms with Gasteiger partial charge in [0.1, 0.15) is 18.1 Å². The van der Waals surface area contributed by atoms with Crippen LogP contribution in [-0.4, -0.2) is 41.6 Å². The van der Waals surface area contributed by atoms with Crippen LogP contribution in [0.2, 0.25) is 0 Å². The fourth-order valence-corrected chi connectivity index (χ4v) is 7.63. The molecular formula is C44H48N2O4. The highest BCUT2D eigenvalue weighted by molar-refractivity contribution is 6.27. The Morgan fingerprint density at radius 1 is 0.820 bits per heavy atom. The van der Waals surface area contributed by atoms with Crippen LogP contribution in [0.3, 0.4) is 0 Å². The first kappa shape index (κ1) is 34.9. The topological polar surface area (TPSA) is 73.1 Å². The minimum atomic E-state index is 0.0317. The van der Waals surface area contributed by atoms with Crippen molar-refractivity contribution in [2.45, 2.75) is 66.8 Å². The number of hydrogen-bond donors (Lipinski definition) is 1. The van der Waals surface area contributed by atoms with Crippen LogP contribution >= 0.6 is 0 Å². The lowest BCUT2D eigenvalue weighted by Crippen LogP contribution is -2.11. The summed E-state index contributed by atoms with van der Waals surface area (Å²) in [7, 11) is 1.64. The maximum atomic E-state index is 14.6. The van der Waals surface area contributed by atoms with Crippen molar-refractivity contribution in [2.75, 3.05) is 20.3 Å². The van der Waals surface area contributed by atoms with Crippen LogP contribution in [0, 0.1) is 26.7 Å². The number of fused-ring (bicyclic) bond motifs is 5. The standard InChI is InChI=1S/C44H48N2O4/c1-7-9-14-31(8-2)27-46-39-20-19-32(42(45-48)35-17-12-13-18-40(35)50-22-21-49-6)25-36(39)37-26-38(33-15-10-11-16-34(33)43(37)46)44(47)41-29(4)23-28(3)24-30(41)5/h10-13,15-20,23-26,31,48H,7-9,14,21-22,27H2,1-6H3/b45-42+. The SMILES string of the molecule is CCCCC(CC)Cn1c2ccc(/C(=N\O)c3ccccc3OCCOC)cc2c2cc(C(=O)c3c(C)cc(C)cc3C)c3ccccc3c21. The number of oxime groups is 1. The zero-order valence-electron chi connectivity index (χ0n) is 30.2. The summed E-state index contributed by atoms with van der Waals surface area (Å²) in [6.45, 7) is 12.3. The summed E-state index contributed by atoms with van der Waals surface area (Å²) in [6.07, 6.45) is 4.60. The Morgan fingerprint density at radius 3 is 2.24 bits per heavy atom. The molecule has 0 bridgehead atoms. The van der Waals surface area contributed by atoms with Gasteiger partial charge in [0.2, 0.25) is 0 Å². The summed E-state index contributed by atoms with van der Waals surface area (Å²) in [5.74, 6) is 1.16. The first-order valence-electron chi connectivity index (χ1n) is 17.8. The van der Waals surface area contributed by atoms with Crippen molar-refractivity contribution in [3.8, 4) is 5.75 Å². The third-order valence-corrected chi connectivity index (χ3v) is 10.1. The van der Waals surface area contributed by atoms with E-state index in [2.05, 4.69) is 79.0 Å². The number of carbonyl (C=O) groups is 1. The largest absolute Gasteiger partial charge is 0.490 e. The number of para-hydroxylation sites is 1. The molecule has 258 valence electrons. The van der Waals surface area contributed by atoms with E-state index in [0.717, 1.165) is 79.8 Å². The molecule has 5 aromatic carbocycles. The number of carbonyl (C=O) groups excluding carboxylic acids is 1. The van der Waals surface area contributed by atoms with Gasteiger partial charge in [-0.1, -0.05) is 98.4 Å². The van der Waals surface area contributed by atoms with Crippen molar-refractivity contribution >= 4 is 44.1 Å². The summed E-state index contributed by atoms with van der Waals surface area (Å²) < 4.78 is 13.7. The summed E-state index contributed by atoms with van der Waals surface area (Å²) >= 11 is 0. The van der Waals surface area contributed by atoms with Gasteiger partial charge in [-0.25, -0.2) is 0 Å². The number of rotatable bonds is 14. The molecule has 0 radical (unpaired) electrons. The number of hydrogen-bond acceptors (Lipinski definition) is 5. The second-order valence-corrected chi connectivity index (χ2v) is 13.5. The van der Waals surface area contributed by atoms with Crippen molar-refractivity contribution in [1.82, 2.24) is 4.57 Å². The molecule has 1 atom stereocenters. The average molecular weight is 669 g/mol. The van der Waals surface area contributed by atoms with Crippen LogP contribution in [0.15, 0.2) is 90.1 Å². The molecule has 0 aliphatic heterocycles. The molecule has 0 aliphatic rings. The number of nitrogens with zero attached hydrogens (tertiary/aromatic N) is 2. The number of methoxy groups -OCH3 is 1. The number of aryl methyl sites for hydroxylation is 3. The number of unbranched alkanes of at least 4 members (excludes halogenated alkanes) is 1. The van der Waals surface area contributed by atoms with Gasteiger partial charge in [0, 0.05) is 57.6 Å². The Bertz CT molecular complexity index is 2190. The van der Waals surface area contributed by atoms with E-state index >= 15 is 0 Å². The Kier molecular flexibility index (Phi) is 10.7. The van der Waals surface area contributed by atoms with Gasteiger partial charge in [0.05, 0.1) is 12.1 Å². The Morgan fingerprint density at radius 2 is 1.54 bits per heavy atom. The van der Waals surface area contributed by atoms with E-state index in [1.807, 2.05) is 50.2 Å². The highest BCUT2D eigenvalue weighted by atomic mass is 16.5. The second-order valence-electron chi connectivity index (χ2n) is 13.5. The summed E-state index contributed by atoms with van der Waals surface area (Å²) in [5, 5.41) is 18.3. The minimum Gasteiger partial charge on any atom is -0.490 e. The monoisotopic (exact) mass is 668 g/mol. The van der Waals surface area contributed by atoms with Crippen molar-refractivity contribution in [3.05, 3.63) is 124 Å². The highest BCUT2D eigenvalue weighted by Gasteiger charge is 2.24. The number of aromatic nitrogens is 1. The molecule has 1 heterocycles. The minimum absolute atomic E-state index is 0.0317. The maximum Gasteiger partial charge on any atom is 0.194 e. The fourth-order valence-electron chi connectivity index (χ4n) is 7.63. The van der Waals surface area contributed by atoms with Gasteiger partial charge in [0.25, 0.3) is 0 Å². The quantitative estimate of drug-likeness (QED) is 0.0412. The van der Waals surface area contributed by atoms with Crippen molar-refractivity contribution in [2.24, 2.45) is 11.1 Å². The van der Waals surface area contributed by atoms with E-state index in [4.69, 9.17) is 9.47 Å². The van der Waals surface area contributed by atoms with E-state index in [1.54, 1.807) is 7.11 Å². The van der Waals surface area contributed by atoms with Crippen LogP contribution in [0.1, 0.15) is 83.3 Å². The smallest absolute Gasteiger partial charge is 0.194 e. The molecule has 6 nitrogen and oxygen atoms in total. The molecule has 1 N–H and O–H groups in total. The third-order valence-electron chi connectivity index (χ3n) is 10.1. The molecule has 6 heteroatoms. The number of ketones is 1. The van der Waals surface area contributed by atoms with Gasteiger partial charge < -0.3 is 19.2 Å². The van der Waals surface area contributed by atoms with E-state index in [9.17, 15) is 10.0 Å². The van der Waals surface area contributed by atoms with Crippen molar-refractivity contribution in [3.63, 3.8) is 0 Å². The first-order valence-corrected chi connectivity index (χ1v) is 17.8. The molecule has 0 fully saturated rings. The Hall–Kier alpha value is -4.94. The fraction of sp³-hybridized carbons (Fsp3) is 0.318. The van der Waals surface area contributed by atoms with Gasteiger partial charge in [0.15, 0.2) is 5.78 Å². The first-order chi connectivity index (χ1) is 24.3. The Labute approximate surface area is 295 Å². The molecule has 6 aromatic rings. The second kappa shape index (κ2) is 15.3. The molecule has 0 spiro atoms. The molecule has 50 heavy (non-hydrogen) atoms. The van der Waals surface area contributed by atoms with Crippen LogP contribution in [-0.2, 0) is 11.3 Å². The van der Waals surface area contributed by atoms with Gasteiger partial charge >= 0.3 is 0 Å². The van der Waals surface area contributed by atoms with Crippen molar-refractivity contribution in [1.29, 1.82) is 0 Å². The molecule has 0 aliphatic carbocycles. The van der Waals surface area contributed by atoms with E-state index in [1.165, 1.54) is 12.8 Å². The summed E-state index contributed by atoms with van der Waals surface area (Å²) in [4.78, 5) is 14.6. The molecule has 6 rings (SSSR count). The maximum absolute atomic E-state index is 14.6. The molecule has 0 amide bonds. The average Bonchev–Trinajstić information content (AvgIpc) is 3.42. The van der Waals surface area contributed by atoms with Crippen LogP contribution in [0.4, 0.5) is 0 Å². The highest BCUT2D eigenvalue weighted by Crippen LogP contribution is 2.39. The summed E-state index contributed by atoms with van der Waals surface area (Å²) in [6, 6.07) is 28.5. The normalized spacial score (nSPS) is 12.6. The predicted octanol–water partition coefficient (Wildman–Crippen LogP) is 10.6. The zero-order chi connectivity index (χ0) is 35.4. The lowest BCUT2D eigenvalue weighted by Gasteiger charge is -2.19. The third kappa shape index (κ3) is 6.65. The van der Waals surface area contributed by atoms with Crippen LogP contribution < -0.4 is 4.74 Å². The number of ether oxygens (including phenoxy) is 2. The van der Waals surface area contributed by atoms with Gasteiger partial charge in [-0.15, -0.1) is 0 Å². The van der Waals surface area contributed by atoms with Crippen LogP contribution in [0.5, 0.6) is 5.75 Å². The van der Waals surface area contributed by atoms with E-state index in [-0.39, 0.29) is 5.78 Å². The van der Waals surface area contributed by atoms with Gasteiger partial charge in [-0.3, -0.25) is 4.79 Å². The van der Waals surface area contributed by atoms with Gasteiger partial charge in [-0.05, 0) is 80.0 Å². The Balaban J connectivity index is 1.62. The molecular weight excluding hydrogens is 620 g/mol. The van der Waals surface area contributed by atoms with Crippen molar-refractivity contribution < 1.29 is 19.5 Å². The predicted molar refractivity (Wildman–Crippen MR) is 206 cm³/mol. The molecule has 1 unspecified atom stereocenters. The van der Waals surface area contributed by atoms with E-state index in [0.29, 0.717) is 41.7 Å². The number of benzene rings is 5. The lowest BCUT2D eigenvalue weighted by molar-refractivity contribution is 0.103. The van der Waals surface area contributed by atoms with Crippen LogP contribution in [0.25, 0.3) is 32.6 Å².